The van der Waals surface area contributed by atoms with Crippen LogP contribution in [0.15, 0.2) is 24.3 Å². The topological polar surface area (TPSA) is 61.4 Å². The molecule has 3 N–H and O–H groups in total. The van der Waals surface area contributed by atoms with E-state index >= 15 is 0 Å². The van der Waals surface area contributed by atoms with Gasteiger partial charge in [-0.25, -0.2) is 0 Å². The Kier molecular flexibility index (Phi) is 5.63. The number of carbonyl (C=O) groups excluding carboxylic acids is 1. The van der Waals surface area contributed by atoms with Gasteiger partial charge in [-0.1, -0.05) is 19.1 Å². The van der Waals surface area contributed by atoms with E-state index in [1.807, 2.05) is 52.0 Å². The molecule has 0 bridgehead atoms. The van der Waals surface area contributed by atoms with Crippen molar-refractivity contribution in [2.24, 2.45) is 5.92 Å². The molecule has 5 heteroatoms. The van der Waals surface area contributed by atoms with Gasteiger partial charge in [-0.3, -0.25) is 4.79 Å². The van der Waals surface area contributed by atoms with E-state index in [0.717, 1.165) is 11.3 Å². The van der Waals surface area contributed by atoms with E-state index in [9.17, 15) is 9.82 Å². The first-order chi connectivity index (χ1) is 9.17. The molecule has 0 heterocycles. The predicted octanol–water partition coefficient (Wildman–Crippen LogP) is 2.30. The van der Waals surface area contributed by atoms with Crippen LogP contribution < -0.4 is 10.5 Å². The summed E-state index contributed by atoms with van der Waals surface area (Å²) < 4.78 is 0. The number of benzene rings is 1. The summed E-state index contributed by atoms with van der Waals surface area (Å²) in [5.41, 5.74) is 1.78. The summed E-state index contributed by atoms with van der Waals surface area (Å²) >= 11 is 0. The van der Waals surface area contributed by atoms with Gasteiger partial charge < -0.3 is 15.6 Å². The maximum absolute atomic E-state index is 12.0. The molecule has 4 nitrogen and oxygen atoms in total. The second-order valence-corrected chi connectivity index (χ2v) is 6.36. The monoisotopic (exact) mass is 276 g/mol. The van der Waals surface area contributed by atoms with Crippen LogP contribution in [0.3, 0.4) is 0 Å². The van der Waals surface area contributed by atoms with E-state index < -0.39 is 7.05 Å². The number of rotatable bonds is 5. The van der Waals surface area contributed by atoms with E-state index in [1.54, 1.807) is 6.82 Å². The van der Waals surface area contributed by atoms with Gasteiger partial charge in [0.05, 0.1) is 0 Å². The number of amides is 1. The average molecular weight is 276 g/mol. The summed E-state index contributed by atoms with van der Waals surface area (Å²) in [6, 6.07) is 7.78. The fraction of sp³-hybridized carbons (Fsp3) is 0.533. The number of hydrogen-bond acceptors (Lipinski definition) is 3. The van der Waals surface area contributed by atoms with Crippen molar-refractivity contribution in [3.05, 3.63) is 29.8 Å². The third-order valence-electron chi connectivity index (χ3n) is 2.82. The molecule has 1 rings (SSSR count). The van der Waals surface area contributed by atoms with Gasteiger partial charge in [-0.15, -0.1) is 0 Å². The van der Waals surface area contributed by atoms with Crippen LogP contribution in [0, 0.1) is 5.92 Å². The Morgan fingerprint density at radius 3 is 2.30 bits per heavy atom. The highest BCUT2D eigenvalue weighted by Gasteiger charge is 2.19. The SMILES string of the molecule is CB(O)Nc1ccc(CC(C)C(=O)NC(C)(C)C)cc1. The molecule has 0 aliphatic heterocycles. The summed E-state index contributed by atoms with van der Waals surface area (Å²) in [6.45, 7) is 9.55. The van der Waals surface area contributed by atoms with E-state index in [2.05, 4.69) is 10.5 Å². The van der Waals surface area contributed by atoms with Gasteiger partial charge in [0.1, 0.15) is 0 Å². The van der Waals surface area contributed by atoms with Crippen LogP contribution in [0.4, 0.5) is 5.69 Å². The zero-order chi connectivity index (χ0) is 15.3. The summed E-state index contributed by atoms with van der Waals surface area (Å²) in [5, 5.41) is 15.1. The summed E-state index contributed by atoms with van der Waals surface area (Å²) in [7, 11) is -0.572. The molecule has 0 fully saturated rings. The van der Waals surface area contributed by atoms with Crippen molar-refractivity contribution in [2.45, 2.75) is 46.5 Å². The summed E-state index contributed by atoms with van der Waals surface area (Å²) in [4.78, 5) is 12.0. The molecule has 1 aromatic carbocycles. The highest BCUT2D eigenvalue weighted by atomic mass is 16.2. The molecule has 0 aliphatic rings. The summed E-state index contributed by atoms with van der Waals surface area (Å²) in [6.07, 6.45) is 0.705. The zero-order valence-electron chi connectivity index (χ0n) is 13.0. The van der Waals surface area contributed by atoms with Crippen LogP contribution in [0.2, 0.25) is 6.82 Å². The Morgan fingerprint density at radius 2 is 1.85 bits per heavy atom. The molecule has 1 amide bonds. The Morgan fingerprint density at radius 1 is 1.30 bits per heavy atom. The van der Waals surface area contributed by atoms with Crippen LogP contribution >= 0.6 is 0 Å². The predicted molar refractivity (Wildman–Crippen MR) is 84.7 cm³/mol. The molecule has 0 saturated carbocycles. The van der Waals surface area contributed by atoms with Gasteiger partial charge >= 0.3 is 7.05 Å². The largest absolute Gasteiger partial charge is 0.433 e. The van der Waals surface area contributed by atoms with Crippen LogP contribution in [-0.2, 0) is 11.2 Å². The minimum absolute atomic E-state index is 0.0650. The Labute approximate surface area is 122 Å². The van der Waals surface area contributed by atoms with Gasteiger partial charge in [0.25, 0.3) is 0 Å². The van der Waals surface area contributed by atoms with Crippen molar-refractivity contribution in [3.8, 4) is 0 Å². The van der Waals surface area contributed by atoms with Crippen molar-refractivity contribution in [3.63, 3.8) is 0 Å². The van der Waals surface area contributed by atoms with Gasteiger partial charge in [0, 0.05) is 17.1 Å². The van der Waals surface area contributed by atoms with Crippen molar-refractivity contribution in [2.75, 3.05) is 5.23 Å². The lowest BCUT2D eigenvalue weighted by molar-refractivity contribution is -0.125. The number of nitrogens with one attached hydrogen (secondary N) is 2. The van der Waals surface area contributed by atoms with E-state index in [4.69, 9.17) is 0 Å². The van der Waals surface area contributed by atoms with Gasteiger partial charge in [-0.05, 0) is 51.7 Å². The van der Waals surface area contributed by atoms with E-state index in [-0.39, 0.29) is 17.4 Å². The number of anilines is 1. The molecular formula is C15H25BN2O2. The molecule has 0 aromatic heterocycles. The minimum atomic E-state index is -0.572. The van der Waals surface area contributed by atoms with Crippen LogP contribution in [0.5, 0.6) is 0 Å². The number of hydrogen-bond donors (Lipinski definition) is 3. The number of carbonyl (C=O) groups is 1. The molecule has 0 radical (unpaired) electrons. The fourth-order valence-corrected chi connectivity index (χ4v) is 1.92. The normalized spacial score (nSPS) is 12.7. The molecular weight excluding hydrogens is 251 g/mol. The van der Waals surface area contributed by atoms with Crippen molar-refractivity contribution < 1.29 is 9.82 Å². The smallest absolute Gasteiger partial charge is 0.406 e. The standard InChI is InChI=1S/C15H25BN2O2/c1-11(14(19)17-15(2,3)4)10-12-6-8-13(9-7-12)18-16(5)20/h6-9,11,18,20H,10H2,1-5H3,(H,17,19). The molecule has 1 aromatic rings. The average Bonchev–Trinajstić information content (AvgIpc) is 2.28. The first-order valence-electron chi connectivity index (χ1n) is 7.03. The van der Waals surface area contributed by atoms with Crippen LogP contribution in [-0.4, -0.2) is 23.5 Å². The highest BCUT2D eigenvalue weighted by Crippen LogP contribution is 2.14. The molecule has 0 aliphatic carbocycles. The highest BCUT2D eigenvalue weighted by molar-refractivity contribution is 6.52. The quantitative estimate of drug-likeness (QED) is 0.723. The molecule has 1 unspecified atom stereocenters. The van der Waals surface area contributed by atoms with Crippen molar-refractivity contribution >= 4 is 18.6 Å². The third-order valence-corrected chi connectivity index (χ3v) is 2.82. The van der Waals surface area contributed by atoms with E-state index in [0.29, 0.717) is 6.42 Å². The van der Waals surface area contributed by atoms with Crippen LogP contribution in [0.25, 0.3) is 0 Å². The van der Waals surface area contributed by atoms with Crippen LogP contribution in [0.1, 0.15) is 33.3 Å². The molecule has 20 heavy (non-hydrogen) atoms. The van der Waals surface area contributed by atoms with Gasteiger partial charge in [0.15, 0.2) is 0 Å². The second kappa shape index (κ2) is 6.79. The summed E-state index contributed by atoms with van der Waals surface area (Å²) in [5.74, 6) is 0.00785. The van der Waals surface area contributed by atoms with E-state index in [1.165, 1.54) is 0 Å². The minimum Gasteiger partial charge on any atom is -0.433 e. The van der Waals surface area contributed by atoms with Gasteiger partial charge in [0.2, 0.25) is 5.91 Å². The Hall–Kier alpha value is -1.49. The first kappa shape index (κ1) is 16.6. The first-order valence-corrected chi connectivity index (χ1v) is 7.03. The maximum Gasteiger partial charge on any atom is 0.406 e. The lowest BCUT2D eigenvalue weighted by Gasteiger charge is -2.23. The molecule has 110 valence electrons. The Bertz CT molecular complexity index is 438. The lowest BCUT2D eigenvalue weighted by Crippen LogP contribution is -2.43. The zero-order valence-corrected chi connectivity index (χ0v) is 13.0. The van der Waals surface area contributed by atoms with Crippen molar-refractivity contribution in [1.82, 2.24) is 5.32 Å². The van der Waals surface area contributed by atoms with Gasteiger partial charge in [-0.2, -0.15) is 0 Å². The maximum atomic E-state index is 12.0. The fourth-order valence-electron chi connectivity index (χ4n) is 1.92. The molecule has 1 atom stereocenters. The second-order valence-electron chi connectivity index (χ2n) is 6.36. The lowest BCUT2D eigenvalue weighted by atomic mass is 9.88. The third kappa shape index (κ3) is 6.11. The molecule has 0 saturated heterocycles. The molecule has 0 spiro atoms. The van der Waals surface area contributed by atoms with Crippen molar-refractivity contribution in [1.29, 1.82) is 0 Å². The Balaban J connectivity index is 2.58.